The van der Waals surface area contributed by atoms with Gasteiger partial charge in [0.25, 0.3) is 0 Å². The van der Waals surface area contributed by atoms with E-state index in [0.717, 1.165) is 35.0 Å². The van der Waals surface area contributed by atoms with Gasteiger partial charge in [0.1, 0.15) is 11.6 Å². The molecule has 0 saturated heterocycles. The van der Waals surface area contributed by atoms with Gasteiger partial charge in [-0.1, -0.05) is 29.4 Å². The maximum absolute atomic E-state index is 14.0. The third kappa shape index (κ3) is 3.52. The van der Waals surface area contributed by atoms with E-state index in [1.54, 1.807) is 0 Å². The molecule has 2 aromatic rings. The molecule has 0 aromatic heterocycles. The van der Waals surface area contributed by atoms with Crippen molar-refractivity contribution in [3.05, 3.63) is 64.7 Å². The predicted octanol–water partition coefficient (Wildman–Crippen LogP) is 3.66. The van der Waals surface area contributed by atoms with Gasteiger partial charge in [-0.05, 0) is 30.2 Å². The average Bonchev–Trinajstić information content (AvgIpc) is 2.47. The van der Waals surface area contributed by atoms with Crippen molar-refractivity contribution in [2.75, 3.05) is 0 Å². The number of halogens is 2. The minimum Gasteiger partial charge on any atom is -0.409 e. The quantitative estimate of drug-likeness (QED) is 0.298. The molecular weight excluding hydrogens is 294 g/mol. The van der Waals surface area contributed by atoms with Gasteiger partial charge in [0.2, 0.25) is 0 Å². The number of nitrogens with zero attached hydrogens (tertiary/aromatic N) is 1. The van der Waals surface area contributed by atoms with Gasteiger partial charge in [-0.15, -0.1) is 11.8 Å². The molecule has 3 nitrogen and oxygen atoms in total. The number of nitrogens with two attached hydrogens (primary N) is 1. The Labute approximate surface area is 125 Å². The Morgan fingerprint density at radius 3 is 2.43 bits per heavy atom. The van der Waals surface area contributed by atoms with E-state index in [1.165, 1.54) is 0 Å². The van der Waals surface area contributed by atoms with Crippen molar-refractivity contribution < 1.29 is 14.0 Å². The molecule has 6 heteroatoms. The lowest BCUT2D eigenvalue weighted by molar-refractivity contribution is 0.318. The molecule has 0 spiro atoms. The van der Waals surface area contributed by atoms with Crippen molar-refractivity contribution in [2.24, 2.45) is 10.9 Å². The molecule has 0 unspecified atom stereocenters. The summed E-state index contributed by atoms with van der Waals surface area (Å²) in [5, 5.41) is 11.3. The second-order valence-electron chi connectivity index (χ2n) is 4.47. The molecule has 0 atom stereocenters. The first-order valence-corrected chi connectivity index (χ1v) is 7.15. The standard InChI is InChI=1S/C15H14F2N2OS/c1-9-4-2-3-5-10(9)8-21-14-12(16)6-11(7-13(14)17)15(18)19-20/h2-7,20H,8H2,1H3,(H2,18,19). The van der Waals surface area contributed by atoms with Crippen LogP contribution in [-0.2, 0) is 5.75 Å². The van der Waals surface area contributed by atoms with Crippen molar-refractivity contribution in [1.82, 2.24) is 0 Å². The van der Waals surface area contributed by atoms with Gasteiger partial charge in [0, 0.05) is 11.3 Å². The summed E-state index contributed by atoms with van der Waals surface area (Å²) in [5.41, 5.74) is 7.42. The maximum Gasteiger partial charge on any atom is 0.170 e. The summed E-state index contributed by atoms with van der Waals surface area (Å²) in [7, 11) is 0. The molecule has 2 rings (SSSR count). The number of hydrogen-bond donors (Lipinski definition) is 2. The number of rotatable bonds is 4. The highest BCUT2D eigenvalue weighted by Gasteiger charge is 2.14. The third-order valence-corrected chi connectivity index (χ3v) is 4.17. The van der Waals surface area contributed by atoms with Crippen molar-refractivity contribution in [3.8, 4) is 0 Å². The molecule has 3 N–H and O–H groups in total. The molecule has 0 aliphatic carbocycles. The Morgan fingerprint density at radius 2 is 1.86 bits per heavy atom. The Balaban J connectivity index is 2.23. The molecule has 21 heavy (non-hydrogen) atoms. The third-order valence-electron chi connectivity index (χ3n) is 3.04. The maximum atomic E-state index is 14.0. The van der Waals surface area contributed by atoms with Gasteiger partial charge in [0.15, 0.2) is 5.84 Å². The van der Waals surface area contributed by atoms with Crippen LogP contribution in [0.25, 0.3) is 0 Å². The number of aryl methyl sites for hydroxylation is 1. The van der Waals surface area contributed by atoms with Crippen LogP contribution in [0.5, 0.6) is 0 Å². The van der Waals surface area contributed by atoms with Crippen molar-refractivity contribution in [2.45, 2.75) is 17.6 Å². The monoisotopic (exact) mass is 308 g/mol. The van der Waals surface area contributed by atoms with Gasteiger partial charge in [-0.2, -0.15) is 0 Å². The molecule has 110 valence electrons. The van der Waals surface area contributed by atoms with E-state index in [4.69, 9.17) is 10.9 Å². The first-order chi connectivity index (χ1) is 10.0. The van der Waals surface area contributed by atoms with Crippen molar-refractivity contribution in [1.29, 1.82) is 0 Å². The molecule has 0 bridgehead atoms. The van der Waals surface area contributed by atoms with Crippen LogP contribution < -0.4 is 5.73 Å². The summed E-state index contributed by atoms with van der Waals surface area (Å²) in [6, 6.07) is 9.78. The van der Waals surface area contributed by atoms with Gasteiger partial charge >= 0.3 is 0 Å². The van der Waals surface area contributed by atoms with Crippen molar-refractivity contribution in [3.63, 3.8) is 0 Å². The van der Waals surface area contributed by atoms with Crippen LogP contribution in [0.15, 0.2) is 46.4 Å². The number of benzene rings is 2. The van der Waals surface area contributed by atoms with Crippen LogP contribution in [0.3, 0.4) is 0 Å². The molecule has 2 aromatic carbocycles. The molecule has 0 saturated carbocycles. The van der Waals surface area contributed by atoms with E-state index < -0.39 is 11.6 Å². The smallest absolute Gasteiger partial charge is 0.170 e. The van der Waals surface area contributed by atoms with E-state index in [2.05, 4.69) is 5.16 Å². The number of oxime groups is 1. The summed E-state index contributed by atoms with van der Waals surface area (Å²) in [4.78, 5) is -0.0762. The molecule has 0 fully saturated rings. The lowest BCUT2D eigenvalue weighted by atomic mass is 10.1. The Hall–Kier alpha value is -2.08. The Bertz CT molecular complexity index is 666. The van der Waals surface area contributed by atoms with Crippen LogP contribution in [0, 0.1) is 18.6 Å². The Kier molecular flexibility index (Phi) is 4.80. The highest BCUT2D eigenvalue weighted by atomic mass is 32.2. The minimum atomic E-state index is -0.727. The van der Waals surface area contributed by atoms with E-state index >= 15 is 0 Å². The number of amidine groups is 1. The first kappa shape index (κ1) is 15.3. The molecular formula is C15H14F2N2OS. The zero-order valence-electron chi connectivity index (χ0n) is 11.3. The van der Waals surface area contributed by atoms with E-state index in [0.29, 0.717) is 5.75 Å². The van der Waals surface area contributed by atoms with Gasteiger partial charge < -0.3 is 10.9 Å². The largest absolute Gasteiger partial charge is 0.409 e. The predicted molar refractivity (Wildman–Crippen MR) is 79.6 cm³/mol. The van der Waals surface area contributed by atoms with Crippen LogP contribution in [-0.4, -0.2) is 11.0 Å². The van der Waals surface area contributed by atoms with E-state index in [1.807, 2.05) is 31.2 Å². The van der Waals surface area contributed by atoms with E-state index in [9.17, 15) is 8.78 Å². The summed E-state index contributed by atoms with van der Waals surface area (Å²) < 4.78 is 27.9. The average molecular weight is 308 g/mol. The second-order valence-corrected chi connectivity index (χ2v) is 5.46. The lowest BCUT2D eigenvalue weighted by Crippen LogP contribution is -2.14. The zero-order valence-corrected chi connectivity index (χ0v) is 12.1. The fourth-order valence-corrected chi connectivity index (χ4v) is 2.84. The van der Waals surface area contributed by atoms with Gasteiger partial charge in [0.05, 0.1) is 4.90 Å². The van der Waals surface area contributed by atoms with Gasteiger partial charge in [-0.25, -0.2) is 8.78 Å². The fourth-order valence-electron chi connectivity index (χ4n) is 1.83. The van der Waals surface area contributed by atoms with Crippen LogP contribution >= 0.6 is 11.8 Å². The highest BCUT2D eigenvalue weighted by molar-refractivity contribution is 7.98. The van der Waals surface area contributed by atoms with Crippen LogP contribution in [0.2, 0.25) is 0 Å². The highest BCUT2D eigenvalue weighted by Crippen LogP contribution is 2.30. The topological polar surface area (TPSA) is 58.6 Å². The summed E-state index contributed by atoms with van der Waals surface area (Å²) in [5.74, 6) is -1.32. The van der Waals surface area contributed by atoms with Gasteiger partial charge in [-0.3, -0.25) is 0 Å². The van der Waals surface area contributed by atoms with E-state index in [-0.39, 0.29) is 16.3 Å². The molecule has 0 amide bonds. The Morgan fingerprint density at radius 1 is 1.24 bits per heavy atom. The number of thioether (sulfide) groups is 1. The zero-order chi connectivity index (χ0) is 15.4. The SMILES string of the molecule is Cc1ccccc1CSc1c(F)cc(/C(N)=N/O)cc1F. The summed E-state index contributed by atoms with van der Waals surface area (Å²) >= 11 is 1.08. The minimum absolute atomic E-state index is 0.00717. The normalized spacial score (nSPS) is 11.7. The summed E-state index contributed by atoms with van der Waals surface area (Å²) in [6.07, 6.45) is 0. The molecule has 0 radical (unpaired) electrons. The van der Waals surface area contributed by atoms with Crippen molar-refractivity contribution >= 4 is 17.6 Å². The lowest BCUT2D eigenvalue weighted by Gasteiger charge is -2.09. The van der Waals surface area contributed by atoms with Crippen LogP contribution in [0.1, 0.15) is 16.7 Å². The molecule has 0 aliphatic rings. The fraction of sp³-hybridized carbons (Fsp3) is 0.133. The molecule has 0 aliphatic heterocycles. The number of hydrogen-bond acceptors (Lipinski definition) is 3. The van der Waals surface area contributed by atoms with Crippen LogP contribution in [0.4, 0.5) is 8.78 Å². The molecule has 0 heterocycles. The first-order valence-electron chi connectivity index (χ1n) is 6.17. The summed E-state index contributed by atoms with van der Waals surface area (Å²) in [6.45, 7) is 1.95. The second kappa shape index (κ2) is 6.58.